The minimum absolute atomic E-state index is 0.0311. The summed E-state index contributed by atoms with van der Waals surface area (Å²) in [5.41, 5.74) is -0.609. The van der Waals surface area contributed by atoms with Crippen LogP contribution in [0.15, 0.2) is 16.1 Å². The molecule has 2 aliphatic rings. The number of rotatable bonds is 2. The number of carbonyl (C=O) groups is 2. The molecule has 1 saturated heterocycles. The maximum absolute atomic E-state index is 12.4. The normalized spacial score (nSPS) is 24.1. The Bertz CT molecular complexity index is 673. The molecule has 0 bridgehead atoms. The number of nitrogens with zero attached hydrogens (tertiary/aromatic N) is 3. The van der Waals surface area contributed by atoms with Crippen LogP contribution in [0.4, 0.5) is 0 Å². The van der Waals surface area contributed by atoms with Crippen molar-refractivity contribution < 1.29 is 19.8 Å². The second kappa shape index (κ2) is 5.15. The zero-order valence-electron chi connectivity index (χ0n) is 10.9. The fraction of sp³-hybridized carbons (Fsp3) is 0.500. The Morgan fingerprint density at radius 1 is 1.43 bits per heavy atom. The Balaban J connectivity index is 1.96. The lowest BCUT2D eigenvalue weighted by Gasteiger charge is -2.20. The number of aromatic nitrogens is 2. The first-order chi connectivity index (χ1) is 9.99. The Hall–Kier alpha value is -1.87. The highest BCUT2D eigenvalue weighted by molar-refractivity contribution is 7.99. The predicted octanol–water partition coefficient (Wildman–Crippen LogP) is -0.991. The van der Waals surface area contributed by atoms with Gasteiger partial charge in [0.05, 0.1) is 6.10 Å². The number of thioether (sulfide) groups is 1. The first-order valence-electron chi connectivity index (χ1n) is 6.43. The summed E-state index contributed by atoms with van der Waals surface area (Å²) in [5, 5.41) is 19.3. The second-order valence-corrected chi connectivity index (χ2v) is 6.02. The Kier molecular flexibility index (Phi) is 3.46. The SMILES string of the molecule is O=C(O)[C@@H]1C[C@@H](O)CN1C(=O)c1cnc2n(c1=O)CCS2. The zero-order valence-corrected chi connectivity index (χ0v) is 11.7. The van der Waals surface area contributed by atoms with Crippen LogP contribution in [0.1, 0.15) is 16.8 Å². The van der Waals surface area contributed by atoms with Gasteiger partial charge in [-0.15, -0.1) is 0 Å². The molecule has 112 valence electrons. The van der Waals surface area contributed by atoms with Crippen LogP contribution in [0.3, 0.4) is 0 Å². The molecule has 1 aromatic rings. The molecule has 2 aliphatic heterocycles. The molecular formula is C12H13N3O5S. The van der Waals surface area contributed by atoms with Crippen LogP contribution in [0.25, 0.3) is 0 Å². The molecule has 1 aromatic heterocycles. The molecule has 3 heterocycles. The van der Waals surface area contributed by atoms with E-state index in [-0.39, 0.29) is 18.5 Å². The third-order valence-corrected chi connectivity index (χ3v) is 4.58. The molecular weight excluding hydrogens is 298 g/mol. The van der Waals surface area contributed by atoms with Gasteiger partial charge >= 0.3 is 5.97 Å². The van der Waals surface area contributed by atoms with E-state index in [9.17, 15) is 19.5 Å². The number of hydrogen-bond acceptors (Lipinski definition) is 6. The molecule has 2 N–H and O–H groups in total. The maximum Gasteiger partial charge on any atom is 0.326 e. The molecule has 1 amide bonds. The molecule has 9 heteroatoms. The van der Waals surface area contributed by atoms with Gasteiger partial charge in [-0.25, -0.2) is 9.78 Å². The van der Waals surface area contributed by atoms with Crippen molar-refractivity contribution in [3.63, 3.8) is 0 Å². The number of carboxylic acids is 1. The van der Waals surface area contributed by atoms with E-state index in [1.807, 2.05) is 0 Å². The van der Waals surface area contributed by atoms with Gasteiger partial charge in [-0.05, 0) is 0 Å². The second-order valence-electron chi connectivity index (χ2n) is 4.96. The van der Waals surface area contributed by atoms with Crippen molar-refractivity contribution in [3.05, 3.63) is 22.1 Å². The number of fused-ring (bicyclic) bond motifs is 1. The van der Waals surface area contributed by atoms with E-state index in [0.717, 1.165) is 10.7 Å². The average molecular weight is 311 g/mol. The molecule has 0 aromatic carbocycles. The minimum Gasteiger partial charge on any atom is -0.480 e. The molecule has 1 fully saturated rings. The van der Waals surface area contributed by atoms with E-state index in [1.165, 1.54) is 22.5 Å². The third-order valence-electron chi connectivity index (χ3n) is 3.61. The van der Waals surface area contributed by atoms with Gasteiger partial charge in [0.2, 0.25) is 0 Å². The van der Waals surface area contributed by atoms with Gasteiger partial charge in [0.1, 0.15) is 11.6 Å². The predicted molar refractivity (Wildman–Crippen MR) is 72.3 cm³/mol. The molecule has 21 heavy (non-hydrogen) atoms. The smallest absolute Gasteiger partial charge is 0.326 e. The van der Waals surface area contributed by atoms with Crippen LogP contribution in [0.5, 0.6) is 0 Å². The van der Waals surface area contributed by atoms with Crippen molar-refractivity contribution >= 4 is 23.6 Å². The molecule has 0 spiro atoms. The molecule has 0 aliphatic carbocycles. The first-order valence-corrected chi connectivity index (χ1v) is 7.42. The van der Waals surface area contributed by atoms with Crippen molar-refractivity contribution in [3.8, 4) is 0 Å². The average Bonchev–Trinajstić information content (AvgIpc) is 3.05. The van der Waals surface area contributed by atoms with E-state index in [4.69, 9.17) is 5.11 Å². The Morgan fingerprint density at radius 3 is 2.90 bits per heavy atom. The number of likely N-dealkylation sites (tertiary alicyclic amines) is 1. The Morgan fingerprint density at radius 2 is 2.19 bits per heavy atom. The fourth-order valence-electron chi connectivity index (χ4n) is 2.59. The van der Waals surface area contributed by atoms with Gasteiger partial charge in [-0.1, -0.05) is 11.8 Å². The van der Waals surface area contributed by atoms with Crippen molar-refractivity contribution in [2.45, 2.75) is 30.3 Å². The maximum atomic E-state index is 12.4. The lowest BCUT2D eigenvalue weighted by Crippen LogP contribution is -2.43. The van der Waals surface area contributed by atoms with Crippen LogP contribution >= 0.6 is 11.8 Å². The highest BCUT2D eigenvalue weighted by Crippen LogP contribution is 2.23. The summed E-state index contributed by atoms with van der Waals surface area (Å²) in [7, 11) is 0. The number of carboxylic acid groups (broad SMARTS) is 1. The van der Waals surface area contributed by atoms with Crippen LogP contribution in [-0.4, -0.2) is 61.0 Å². The van der Waals surface area contributed by atoms with E-state index in [2.05, 4.69) is 4.98 Å². The van der Waals surface area contributed by atoms with Crippen LogP contribution in [0.2, 0.25) is 0 Å². The lowest BCUT2D eigenvalue weighted by atomic mass is 10.2. The number of aliphatic hydroxyl groups excluding tert-OH is 1. The first kappa shape index (κ1) is 14.1. The van der Waals surface area contributed by atoms with Crippen LogP contribution < -0.4 is 5.56 Å². The number of amides is 1. The summed E-state index contributed by atoms with van der Waals surface area (Å²) in [6, 6.07) is -1.11. The summed E-state index contributed by atoms with van der Waals surface area (Å²) in [5.74, 6) is -1.16. The standard InChI is InChI=1S/C12H13N3O5S/c16-6-3-8(11(19)20)15(5-6)10(18)7-4-13-12-14(9(7)17)1-2-21-12/h4,6,8,16H,1-3,5H2,(H,19,20)/t6-,8+/m1/s1. The number of hydrogen-bond donors (Lipinski definition) is 2. The van der Waals surface area contributed by atoms with Crippen LogP contribution in [0, 0.1) is 0 Å². The van der Waals surface area contributed by atoms with Gasteiger partial charge in [0.15, 0.2) is 5.16 Å². The number of carbonyl (C=O) groups excluding carboxylic acids is 1. The highest BCUT2D eigenvalue weighted by atomic mass is 32.2. The van der Waals surface area contributed by atoms with E-state index < -0.39 is 29.6 Å². The van der Waals surface area contributed by atoms with Crippen LogP contribution in [-0.2, 0) is 11.3 Å². The van der Waals surface area contributed by atoms with E-state index >= 15 is 0 Å². The van der Waals surface area contributed by atoms with Gasteiger partial charge < -0.3 is 15.1 Å². The number of β-amino-alcohol motifs (C(OH)–C–C–N with tert-alkyl or cyclic N) is 1. The molecule has 0 unspecified atom stereocenters. The molecule has 8 nitrogen and oxygen atoms in total. The topological polar surface area (TPSA) is 113 Å². The third kappa shape index (κ3) is 2.32. The number of aliphatic hydroxyl groups is 1. The highest BCUT2D eigenvalue weighted by Gasteiger charge is 2.40. The quantitative estimate of drug-likeness (QED) is 0.674. The summed E-state index contributed by atoms with van der Waals surface area (Å²) in [6.45, 7) is 0.393. The largest absolute Gasteiger partial charge is 0.480 e. The minimum atomic E-state index is -1.19. The Labute approximate surface area is 123 Å². The van der Waals surface area contributed by atoms with Gasteiger partial charge in [0, 0.05) is 31.5 Å². The summed E-state index contributed by atoms with van der Waals surface area (Å²) < 4.78 is 1.42. The zero-order chi connectivity index (χ0) is 15.1. The lowest BCUT2D eigenvalue weighted by molar-refractivity contribution is -0.141. The monoisotopic (exact) mass is 311 g/mol. The van der Waals surface area contributed by atoms with Gasteiger partial charge in [0.25, 0.3) is 11.5 Å². The van der Waals surface area contributed by atoms with Crippen molar-refractivity contribution in [2.24, 2.45) is 0 Å². The summed E-state index contributed by atoms with van der Waals surface area (Å²) in [4.78, 5) is 40.9. The van der Waals surface area contributed by atoms with Gasteiger partial charge in [-0.3, -0.25) is 14.2 Å². The molecule has 3 rings (SSSR count). The van der Waals surface area contributed by atoms with Crippen molar-refractivity contribution in [2.75, 3.05) is 12.3 Å². The summed E-state index contributed by atoms with van der Waals surface area (Å²) in [6.07, 6.45) is 0.269. The molecule has 2 atom stereocenters. The number of aliphatic carboxylic acids is 1. The van der Waals surface area contributed by atoms with Gasteiger partial charge in [-0.2, -0.15) is 0 Å². The molecule has 0 saturated carbocycles. The molecule has 0 radical (unpaired) electrons. The fourth-order valence-corrected chi connectivity index (χ4v) is 3.51. The van der Waals surface area contributed by atoms with E-state index in [1.54, 1.807) is 0 Å². The van der Waals surface area contributed by atoms with Crippen molar-refractivity contribution in [1.82, 2.24) is 14.5 Å². The van der Waals surface area contributed by atoms with E-state index in [0.29, 0.717) is 11.7 Å². The van der Waals surface area contributed by atoms with Crippen molar-refractivity contribution in [1.29, 1.82) is 0 Å². The summed E-state index contributed by atoms with van der Waals surface area (Å²) >= 11 is 1.43.